The van der Waals surface area contributed by atoms with Gasteiger partial charge in [0.15, 0.2) is 9.84 Å². The Balaban J connectivity index is 1.81. The molecule has 1 aliphatic heterocycles. The van der Waals surface area contributed by atoms with Crippen LogP contribution in [0.25, 0.3) is 0 Å². The molecule has 0 saturated carbocycles. The van der Waals surface area contributed by atoms with E-state index >= 15 is 0 Å². The second kappa shape index (κ2) is 6.37. The first-order valence-corrected chi connectivity index (χ1v) is 8.48. The smallest absolute Gasteiger partial charge is 0.221 e. The van der Waals surface area contributed by atoms with Crippen LogP contribution in [-0.4, -0.2) is 31.9 Å². The lowest BCUT2D eigenvalue weighted by molar-refractivity contribution is -0.114. The monoisotopic (exact) mass is 296 g/mol. The molecule has 2 rings (SSSR count). The number of carbonyl (C=O) groups is 1. The van der Waals surface area contributed by atoms with Gasteiger partial charge < -0.3 is 10.6 Å². The van der Waals surface area contributed by atoms with Gasteiger partial charge in [0.1, 0.15) is 0 Å². The SMILES string of the molecule is CC(=O)Nc1ccc(CNCC2CCCS2(=O)=O)cc1. The molecule has 0 bridgehead atoms. The molecule has 0 radical (unpaired) electrons. The number of carbonyl (C=O) groups excluding carboxylic acids is 1. The first-order chi connectivity index (χ1) is 9.47. The fourth-order valence-corrected chi connectivity index (χ4v) is 4.17. The molecule has 1 fully saturated rings. The molecule has 110 valence electrons. The van der Waals surface area contributed by atoms with E-state index in [4.69, 9.17) is 0 Å². The lowest BCUT2D eigenvalue weighted by Gasteiger charge is -2.11. The Labute approximate surface area is 119 Å². The van der Waals surface area contributed by atoms with Crippen molar-refractivity contribution < 1.29 is 13.2 Å². The number of benzene rings is 1. The van der Waals surface area contributed by atoms with Crippen LogP contribution < -0.4 is 10.6 Å². The molecule has 1 atom stereocenters. The van der Waals surface area contributed by atoms with Crippen molar-refractivity contribution in [3.8, 4) is 0 Å². The Hall–Kier alpha value is -1.40. The molecule has 20 heavy (non-hydrogen) atoms. The number of hydrogen-bond acceptors (Lipinski definition) is 4. The fraction of sp³-hybridized carbons (Fsp3) is 0.500. The summed E-state index contributed by atoms with van der Waals surface area (Å²) in [6.45, 7) is 2.61. The average molecular weight is 296 g/mol. The minimum atomic E-state index is -2.87. The summed E-state index contributed by atoms with van der Waals surface area (Å²) in [6, 6.07) is 7.51. The van der Waals surface area contributed by atoms with E-state index in [-0.39, 0.29) is 11.2 Å². The number of amides is 1. The predicted octanol–water partition coefficient (Wildman–Crippen LogP) is 1.31. The molecule has 6 heteroatoms. The van der Waals surface area contributed by atoms with Crippen LogP contribution in [0.3, 0.4) is 0 Å². The van der Waals surface area contributed by atoms with Gasteiger partial charge in [0, 0.05) is 25.7 Å². The van der Waals surface area contributed by atoms with Crippen LogP contribution in [0, 0.1) is 0 Å². The molecule has 5 nitrogen and oxygen atoms in total. The fourth-order valence-electron chi connectivity index (χ4n) is 2.37. The van der Waals surface area contributed by atoms with Crippen molar-refractivity contribution in [3.05, 3.63) is 29.8 Å². The highest BCUT2D eigenvalue weighted by atomic mass is 32.2. The lowest BCUT2D eigenvalue weighted by atomic mass is 10.2. The van der Waals surface area contributed by atoms with E-state index in [1.54, 1.807) is 0 Å². The summed E-state index contributed by atoms with van der Waals surface area (Å²) in [7, 11) is -2.87. The Morgan fingerprint density at radius 3 is 2.55 bits per heavy atom. The Bertz CT molecular complexity index is 567. The third-order valence-electron chi connectivity index (χ3n) is 3.44. The summed E-state index contributed by atoms with van der Waals surface area (Å²) >= 11 is 0. The van der Waals surface area contributed by atoms with Gasteiger partial charge in [-0.25, -0.2) is 8.42 Å². The number of sulfone groups is 1. The van der Waals surface area contributed by atoms with Crippen molar-refractivity contribution in [2.45, 2.75) is 31.6 Å². The lowest BCUT2D eigenvalue weighted by Crippen LogP contribution is -2.30. The highest BCUT2D eigenvalue weighted by Crippen LogP contribution is 2.19. The minimum Gasteiger partial charge on any atom is -0.326 e. The van der Waals surface area contributed by atoms with Crippen LogP contribution in [0.1, 0.15) is 25.3 Å². The van der Waals surface area contributed by atoms with Crippen molar-refractivity contribution in [2.24, 2.45) is 0 Å². The maximum atomic E-state index is 11.7. The van der Waals surface area contributed by atoms with Gasteiger partial charge in [-0.2, -0.15) is 0 Å². The molecule has 1 aliphatic rings. The van der Waals surface area contributed by atoms with Gasteiger partial charge in [0.2, 0.25) is 5.91 Å². The van der Waals surface area contributed by atoms with E-state index in [1.807, 2.05) is 24.3 Å². The third-order valence-corrected chi connectivity index (χ3v) is 5.71. The molecular weight excluding hydrogens is 276 g/mol. The summed E-state index contributed by atoms with van der Waals surface area (Å²) in [5.74, 6) is 0.229. The molecule has 1 aromatic carbocycles. The number of hydrogen-bond donors (Lipinski definition) is 2. The first-order valence-electron chi connectivity index (χ1n) is 6.76. The highest BCUT2D eigenvalue weighted by molar-refractivity contribution is 7.92. The molecule has 1 heterocycles. The predicted molar refractivity (Wildman–Crippen MR) is 79.3 cm³/mol. The van der Waals surface area contributed by atoms with Crippen molar-refractivity contribution in [3.63, 3.8) is 0 Å². The van der Waals surface area contributed by atoms with Gasteiger partial charge in [0.05, 0.1) is 11.0 Å². The normalized spacial score (nSPS) is 20.8. The Morgan fingerprint density at radius 1 is 1.30 bits per heavy atom. The molecule has 0 spiro atoms. The molecule has 0 aliphatic carbocycles. The molecule has 0 aromatic heterocycles. The van der Waals surface area contributed by atoms with Crippen LogP contribution >= 0.6 is 0 Å². The van der Waals surface area contributed by atoms with Gasteiger partial charge in [-0.1, -0.05) is 12.1 Å². The standard InChI is InChI=1S/C14H20N2O3S/c1-11(17)16-13-6-4-12(5-7-13)9-15-10-14-3-2-8-20(14,18)19/h4-7,14-15H,2-3,8-10H2,1H3,(H,16,17). The molecule has 1 unspecified atom stereocenters. The van der Waals surface area contributed by atoms with E-state index < -0.39 is 9.84 Å². The van der Waals surface area contributed by atoms with E-state index in [0.717, 1.165) is 24.1 Å². The summed E-state index contributed by atoms with van der Waals surface area (Å²) in [4.78, 5) is 10.9. The van der Waals surface area contributed by atoms with E-state index in [1.165, 1.54) is 6.92 Å². The molecule has 1 aromatic rings. The number of anilines is 1. The Kier molecular flexibility index (Phi) is 4.77. The first kappa shape index (κ1) is 15.0. The Morgan fingerprint density at radius 2 is 2.00 bits per heavy atom. The van der Waals surface area contributed by atoms with Crippen LogP contribution in [0.15, 0.2) is 24.3 Å². The van der Waals surface area contributed by atoms with Crippen molar-refractivity contribution in [2.75, 3.05) is 17.6 Å². The van der Waals surface area contributed by atoms with Crippen LogP contribution in [0.5, 0.6) is 0 Å². The zero-order valence-corrected chi connectivity index (χ0v) is 12.4. The topological polar surface area (TPSA) is 75.3 Å². The maximum absolute atomic E-state index is 11.7. The summed E-state index contributed by atoms with van der Waals surface area (Å²) in [5, 5.41) is 5.66. The van der Waals surface area contributed by atoms with Gasteiger partial charge in [-0.3, -0.25) is 4.79 Å². The van der Waals surface area contributed by atoms with Crippen molar-refractivity contribution >= 4 is 21.4 Å². The minimum absolute atomic E-state index is 0.0951. The van der Waals surface area contributed by atoms with Gasteiger partial charge in [-0.05, 0) is 30.5 Å². The number of nitrogens with one attached hydrogen (secondary N) is 2. The van der Waals surface area contributed by atoms with Crippen LogP contribution in [0.2, 0.25) is 0 Å². The maximum Gasteiger partial charge on any atom is 0.221 e. The summed E-state index contributed by atoms with van der Waals surface area (Å²) in [5.41, 5.74) is 1.83. The second-order valence-electron chi connectivity index (χ2n) is 5.14. The van der Waals surface area contributed by atoms with E-state index in [9.17, 15) is 13.2 Å². The van der Waals surface area contributed by atoms with Gasteiger partial charge in [0.25, 0.3) is 0 Å². The highest BCUT2D eigenvalue weighted by Gasteiger charge is 2.30. The van der Waals surface area contributed by atoms with E-state index in [0.29, 0.717) is 18.8 Å². The summed E-state index contributed by atoms with van der Waals surface area (Å²) < 4.78 is 23.3. The molecular formula is C14H20N2O3S. The van der Waals surface area contributed by atoms with Gasteiger partial charge >= 0.3 is 0 Å². The number of rotatable bonds is 5. The quantitative estimate of drug-likeness (QED) is 0.859. The van der Waals surface area contributed by atoms with Gasteiger partial charge in [-0.15, -0.1) is 0 Å². The molecule has 2 N–H and O–H groups in total. The largest absolute Gasteiger partial charge is 0.326 e. The average Bonchev–Trinajstić information content (AvgIpc) is 2.70. The molecule has 1 saturated heterocycles. The van der Waals surface area contributed by atoms with Crippen LogP contribution in [-0.2, 0) is 21.2 Å². The van der Waals surface area contributed by atoms with E-state index in [2.05, 4.69) is 10.6 Å². The van der Waals surface area contributed by atoms with Crippen LogP contribution in [0.4, 0.5) is 5.69 Å². The zero-order chi connectivity index (χ0) is 14.6. The zero-order valence-electron chi connectivity index (χ0n) is 11.6. The summed E-state index contributed by atoms with van der Waals surface area (Å²) in [6.07, 6.45) is 1.54. The molecule has 1 amide bonds. The van der Waals surface area contributed by atoms with Crippen molar-refractivity contribution in [1.82, 2.24) is 5.32 Å². The van der Waals surface area contributed by atoms with Crippen molar-refractivity contribution in [1.29, 1.82) is 0 Å². The second-order valence-corrected chi connectivity index (χ2v) is 7.54. The third kappa shape index (κ3) is 4.05.